The largest absolute Gasteiger partial charge is 0.464 e. The summed E-state index contributed by atoms with van der Waals surface area (Å²) in [5, 5.41) is 2.82. The van der Waals surface area contributed by atoms with Gasteiger partial charge in [0, 0.05) is 19.2 Å². The molecule has 0 radical (unpaired) electrons. The molecule has 0 bridgehead atoms. The number of unbranched alkanes of at least 4 members (excludes halogenated alkanes) is 1. The maximum atomic E-state index is 12.2. The highest BCUT2D eigenvalue weighted by molar-refractivity contribution is 5.84. The zero-order valence-electron chi connectivity index (χ0n) is 16.7. The molecule has 0 aliphatic heterocycles. The summed E-state index contributed by atoms with van der Waals surface area (Å²) in [6.07, 6.45) is 6.11. The van der Waals surface area contributed by atoms with Crippen LogP contribution >= 0.6 is 0 Å². The van der Waals surface area contributed by atoms with Crippen LogP contribution in [0.2, 0.25) is 0 Å². The molecule has 1 N–H and O–H groups in total. The second-order valence-electron chi connectivity index (χ2n) is 7.13. The van der Waals surface area contributed by atoms with Crippen molar-refractivity contribution in [3.8, 4) is 0 Å². The topological polar surface area (TPSA) is 86.1 Å². The van der Waals surface area contributed by atoms with Gasteiger partial charge in [-0.2, -0.15) is 0 Å². The number of amides is 1. The average molecular weight is 374 g/mol. The average Bonchev–Trinajstić information content (AvgIpc) is 2.93. The fourth-order valence-corrected chi connectivity index (χ4v) is 3.12. The number of imidazole rings is 1. The van der Waals surface area contributed by atoms with Crippen molar-refractivity contribution in [2.45, 2.75) is 66.0 Å². The first kappa shape index (κ1) is 20.9. The Morgan fingerprint density at radius 1 is 1.30 bits per heavy atom. The maximum Gasteiger partial charge on any atom is 0.328 e. The standard InChI is InChI=1S/C20H30N4O3/c1-5-27-20(26)17(12-14(2)3)23-19(25)8-6-7-11-24-15(4)22-16-9-10-21-13-18(16)24/h9-10,13-14,17H,5-8,11-12H2,1-4H3,(H,23,25)/t17-/m0/s1. The van der Waals surface area contributed by atoms with Gasteiger partial charge in [-0.05, 0) is 45.1 Å². The van der Waals surface area contributed by atoms with E-state index in [9.17, 15) is 9.59 Å². The third-order valence-corrected chi connectivity index (χ3v) is 4.39. The van der Waals surface area contributed by atoms with Crippen LogP contribution in [0.3, 0.4) is 0 Å². The van der Waals surface area contributed by atoms with Crippen LogP contribution in [0, 0.1) is 12.8 Å². The molecule has 1 atom stereocenters. The lowest BCUT2D eigenvalue weighted by Crippen LogP contribution is -2.42. The molecule has 7 heteroatoms. The summed E-state index contributed by atoms with van der Waals surface area (Å²) < 4.78 is 7.19. The molecule has 2 heterocycles. The van der Waals surface area contributed by atoms with Crippen LogP contribution in [0.25, 0.3) is 11.0 Å². The van der Waals surface area contributed by atoms with Crippen molar-refractivity contribution in [1.29, 1.82) is 0 Å². The zero-order chi connectivity index (χ0) is 19.8. The first-order valence-electron chi connectivity index (χ1n) is 9.65. The van der Waals surface area contributed by atoms with E-state index in [1.807, 2.05) is 33.0 Å². The van der Waals surface area contributed by atoms with Crippen LogP contribution in [0.1, 0.15) is 52.3 Å². The third kappa shape index (κ3) is 6.05. The summed E-state index contributed by atoms with van der Waals surface area (Å²) in [6.45, 7) is 8.88. The van der Waals surface area contributed by atoms with Crippen molar-refractivity contribution in [3.63, 3.8) is 0 Å². The van der Waals surface area contributed by atoms with Crippen LogP contribution in [0.15, 0.2) is 18.5 Å². The fraction of sp³-hybridized carbons (Fsp3) is 0.600. The molecular weight excluding hydrogens is 344 g/mol. The van der Waals surface area contributed by atoms with Gasteiger partial charge in [-0.1, -0.05) is 13.8 Å². The van der Waals surface area contributed by atoms with E-state index in [-0.39, 0.29) is 11.9 Å². The minimum Gasteiger partial charge on any atom is -0.464 e. The summed E-state index contributed by atoms with van der Waals surface area (Å²) in [4.78, 5) is 32.9. The SMILES string of the molecule is CCOC(=O)[C@H](CC(C)C)NC(=O)CCCCn1c(C)nc2ccncc21. The molecule has 0 aliphatic carbocycles. The van der Waals surface area contributed by atoms with E-state index in [0.717, 1.165) is 36.2 Å². The van der Waals surface area contributed by atoms with Crippen molar-refractivity contribution in [1.82, 2.24) is 19.9 Å². The van der Waals surface area contributed by atoms with Crippen molar-refractivity contribution in [3.05, 3.63) is 24.3 Å². The van der Waals surface area contributed by atoms with E-state index in [0.29, 0.717) is 25.4 Å². The van der Waals surface area contributed by atoms with Gasteiger partial charge in [-0.25, -0.2) is 9.78 Å². The molecule has 0 fully saturated rings. The number of esters is 1. The number of nitrogens with zero attached hydrogens (tertiary/aromatic N) is 3. The summed E-state index contributed by atoms with van der Waals surface area (Å²) in [7, 11) is 0. The lowest BCUT2D eigenvalue weighted by molar-refractivity contribution is -0.147. The minimum atomic E-state index is -0.566. The number of nitrogens with one attached hydrogen (secondary N) is 1. The number of hydrogen-bond donors (Lipinski definition) is 1. The lowest BCUT2D eigenvalue weighted by atomic mass is 10.0. The van der Waals surface area contributed by atoms with E-state index in [1.54, 1.807) is 13.1 Å². The molecule has 27 heavy (non-hydrogen) atoms. The van der Waals surface area contributed by atoms with Crippen LogP contribution in [-0.4, -0.2) is 39.1 Å². The number of aromatic nitrogens is 3. The van der Waals surface area contributed by atoms with E-state index in [4.69, 9.17) is 4.74 Å². The van der Waals surface area contributed by atoms with Gasteiger partial charge in [-0.15, -0.1) is 0 Å². The molecule has 1 amide bonds. The molecule has 0 aromatic carbocycles. The Bertz CT molecular complexity index is 770. The predicted molar refractivity (Wildman–Crippen MR) is 104 cm³/mol. The van der Waals surface area contributed by atoms with Crippen molar-refractivity contribution in [2.75, 3.05) is 6.61 Å². The summed E-state index contributed by atoms with van der Waals surface area (Å²) in [5.74, 6) is 0.780. The summed E-state index contributed by atoms with van der Waals surface area (Å²) in [6, 6.07) is 1.33. The van der Waals surface area contributed by atoms with Crippen LogP contribution in [0.5, 0.6) is 0 Å². The Morgan fingerprint density at radius 2 is 2.07 bits per heavy atom. The number of pyridine rings is 1. The fourth-order valence-electron chi connectivity index (χ4n) is 3.12. The molecular formula is C20H30N4O3. The monoisotopic (exact) mass is 374 g/mol. The Labute approximate surface area is 160 Å². The molecule has 0 aliphatic rings. The zero-order valence-corrected chi connectivity index (χ0v) is 16.7. The first-order chi connectivity index (χ1) is 12.9. The van der Waals surface area contributed by atoms with Gasteiger partial charge in [0.1, 0.15) is 11.9 Å². The van der Waals surface area contributed by atoms with Gasteiger partial charge in [0.2, 0.25) is 5.91 Å². The Hall–Kier alpha value is -2.44. The molecule has 2 aromatic rings. The van der Waals surface area contributed by atoms with E-state index >= 15 is 0 Å². The van der Waals surface area contributed by atoms with E-state index in [1.165, 1.54) is 0 Å². The highest BCUT2D eigenvalue weighted by Crippen LogP contribution is 2.15. The highest BCUT2D eigenvalue weighted by Gasteiger charge is 2.22. The van der Waals surface area contributed by atoms with E-state index < -0.39 is 6.04 Å². The summed E-state index contributed by atoms with van der Waals surface area (Å²) in [5.41, 5.74) is 1.95. The Kier molecular flexibility index (Phi) is 7.76. The van der Waals surface area contributed by atoms with Gasteiger partial charge in [0.05, 0.1) is 23.8 Å². The molecule has 0 spiro atoms. The van der Waals surface area contributed by atoms with Crippen LogP contribution in [0.4, 0.5) is 0 Å². The molecule has 2 aromatic heterocycles. The molecule has 0 saturated carbocycles. The highest BCUT2D eigenvalue weighted by atomic mass is 16.5. The quantitative estimate of drug-likeness (QED) is 0.510. The first-order valence-corrected chi connectivity index (χ1v) is 9.65. The molecule has 148 valence electrons. The second kappa shape index (κ2) is 10.0. The van der Waals surface area contributed by atoms with Crippen molar-refractivity contribution < 1.29 is 14.3 Å². The van der Waals surface area contributed by atoms with Gasteiger partial charge >= 0.3 is 5.97 Å². The number of aryl methyl sites for hydroxylation is 2. The number of carbonyl (C=O) groups excluding carboxylic acids is 2. The number of carbonyl (C=O) groups is 2. The summed E-state index contributed by atoms with van der Waals surface area (Å²) >= 11 is 0. The number of hydrogen-bond acceptors (Lipinski definition) is 5. The second-order valence-corrected chi connectivity index (χ2v) is 7.13. The molecule has 0 unspecified atom stereocenters. The number of rotatable bonds is 10. The number of ether oxygens (including phenoxy) is 1. The predicted octanol–water partition coefficient (Wildman–Crippen LogP) is 3.00. The van der Waals surface area contributed by atoms with Gasteiger partial charge < -0.3 is 14.6 Å². The maximum absolute atomic E-state index is 12.2. The van der Waals surface area contributed by atoms with Gasteiger partial charge in [-0.3, -0.25) is 9.78 Å². The van der Waals surface area contributed by atoms with Gasteiger partial charge in [0.25, 0.3) is 0 Å². The van der Waals surface area contributed by atoms with Gasteiger partial charge in [0.15, 0.2) is 0 Å². The van der Waals surface area contributed by atoms with Crippen LogP contribution < -0.4 is 5.32 Å². The van der Waals surface area contributed by atoms with E-state index in [2.05, 4.69) is 19.9 Å². The van der Waals surface area contributed by atoms with Crippen molar-refractivity contribution >= 4 is 22.9 Å². The molecule has 0 saturated heterocycles. The Morgan fingerprint density at radius 3 is 2.78 bits per heavy atom. The smallest absolute Gasteiger partial charge is 0.328 e. The Balaban J connectivity index is 1.82. The molecule has 2 rings (SSSR count). The third-order valence-electron chi connectivity index (χ3n) is 4.39. The lowest BCUT2D eigenvalue weighted by Gasteiger charge is -2.19. The normalized spacial score (nSPS) is 12.3. The minimum absolute atomic E-state index is 0.109. The number of fused-ring (bicyclic) bond motifs is 1. The molecule has 7 nitrogen and oxygen atoms in total. The van der Waals surface area contributed by atoms with Crippen molar-refractivity contribution in [2.24, 2.45) is 5.92 Å². The van der Waals surface area contributed by atoms with Crippen LogP contribution in [-0.2, 0) is 20.9 Å².